The molecule has 102 valence electrons. The van der Waals surface area contributed by atoms with Gasteiger partial charge in [0, 0.05) is 0 Å². The van der Waals surface area contributed by atoms with Crippen LogP contribution in [-0.4, -0.2) is 5.91 Å². The van der Waals surface area contributed by atoms with E-state index in [1.54, 1.807) is 0 Å². The second-order valence-electron chi connectivity index (χ2n) is 5.93. The number of amides is 1. The van der Waals surface area contributed by atoms with Gasteiger partial charge in [-0.25, -0.2) is 0 Å². The van der Waals surface area contributed by atoms with E-state index in [4.69, 9.17) is 11.6 Å². The molecule has 3 rings (SSSR count). The first-order valence-corrected chi connectivity index (χ1v) is 7.65. The van der Waals surface area contributed by atoms with Gasteiger partial charge in [0.15, 0.2) is 0 Å². The molecule has 1 aromatic carbocycles. The molecular weight excluding hydrogens is 258 g/mol. The smallest absolute Gasteiger partial charge is 0.232 e. The van der Waals surface area contributed by atoms with Crippen LogP contribution in [-0.2, 0) is 4.79 Å². The van der Waals surface area contributed by atoms with E-state index < -0.39 is 0 Å². The molecule has 1 aliphatic heterocycles. The minimum atomic E-state index is -0.0169. The van der Waals surface area contributed by atoms with Gasteiger partial charge in [-0.15, -0.1) is 0 Å². The summed E-state index contributed by atoms with van der Waals surface area (Å²) in [4.78, 5) is 12.3. The normalized spacial score (nSPS) is 24.9. The van der Waals surface area contributed by atoms with Crippen LogP contribution in [0.15, 0.2) is 18.2 Å². The van der Waals surface area contributed by atoms with E-state index in [1.165, 1.54) is 32.1 Å². The summed E-state index contributed by atoms with van der Waals surface area (Å²) < 4.78 is 0. The van der Waals surface area contributed by atoms with E-state index in [1.807, 2.05) is 18.2 Å². The molecule has 0 radical (unpaired) electrons. The number of para-hydroxylation sites is 1. The zero-order chi connectivity index (χ0) is 13.4. The molecule has 0 saturated heterocycles. The summed E-state index contributed by atoms with van der Waals surface area (Å²) in [6.45, 7) is 2.23. The van der Waals surface area contributed by atoms with Crippen molar-refractivity contribution in [3.05, 3.63) is 28.8 Å². The number of carbonyl (C=O) groups excluding carboxylic acids is 1. The Morgan fingerprint density at radius 2 is 2.00 bits per heavy atom. The van der Waals surface area contributed by atoms with Crippen molar-refractivity contribution in [1.82, 2.24) is 0 Å². The van der Waals surface area contributed by atoms with Gasteiger partial charge in [0.25, 0.3) is 0 Å². The summed E-state index contributed by atoms with van der Waals surface area (Å²) in [6, 6.07) is 5.83. The quantitative estimate of drug-likeness (QED) is 0.841. The fourth-order valence-corrected chi connectivity index (χ4v) is 3.96. The van der Waals surface area contributed by atoms with Crippen LogP contribution in [0.4, 0.5) is 5.69 Å². The van der Waals surface area contributed by atoms with Crippen LogP contribution in [0.25, 0.3) is 0 Å². The molecule has 2 atom stereocenters. The number of halogens is 1. The second-order valence-corrected chi connectivity index (χ2v) is 6.34. The molecule has 0 bridgehead atoms. The van der Waals surface area contributed by atoms with Gasteiger partial charge in [-0.2, -0.15) is 0 Å². The Bertz CT molecular complexity index is 494. The maximum Gasteiger partial charge on any atom is 0.232 e. The van der Waals surface area contributed by atoms with Crippen LogP contribution in [0.2, 0.25) is 5.02 Å². The third-order valence-electron chi connectivity index (χ3n) is 4.83. The molecular formula is C16H20ClNO. The van der Waals surface area contributed by atoms with E-state index in [9.17, 15) is 4.79 Å². The molecule has 2 unspecified atom stereocenters. The number of nitrogens with one attached hydrogen (secondary N) is 1. The minimum Gasteiger partial charge on any atom is -0.324 e. The Hall–Kier alpha value is -1.02. The number of fused-ring (bicyclic) bond motifs is 1. The Morgan fingerprint density at radius 3 is 2.74 bits per heavy atom. The fraction of sp³-hybridized carbons (Fsp3) is 0.562. The molecule has 19 heavy (non-hydrogen) atoms. The van der Waals surface area contributed by atoms with Crippen molar-refractivity contribution in [2.24, 2.45) is 11.8 Å². The van der Waals surface area contributed by atoms with E-state index in [0.29, 0.717) is 16.9 Å². The van der Waals surface area contributed by atoms with Crippen LogP contribution in [0.1, 0.15) is 50.5 Å². The molecule has 1 heterocycles. The van der Waals surface area contributed by atoms with E-state index >= 15 is 0 Å². The molecule has 0 aromatic heterocycles. The highest BCUT2D eigenvalue weighted by Crippen LogP contribution is 2.45. The summed E-state index contributed by atoms with van der Waals surface area (Å²) in [7, 11) is 0. The van der Waals surface area contributed by atoms with Crippen molar-refractivity contribution in [2.75, 3.05) is 5.32 Å². The third-order valence-corrected chi connectivity index (χ3v) is 5.15. The first-order chi connectivity index (χ1) is 9.18. The van der Waals surface area contributed by atoms with Gasteiger partial charge in [0.05, 0.1) is 16.6 Å². The maximum absolute atomic E-state index is 12.3. The second kappa shape index (κ2) is 5.16. The average molecular weight is 278 g/mol. The summed E-state index contributed by atoms with van der Waals surface area (Å²) >= 11 is 6.18. The number of anilines is 1. The lowest BCUT2D eigenvalue weighted by molar-refractivity contribution is -0.118. The Kier molecular flexibility index (Phi) is 3.53. The molecule has 3 heteroatoms. The van der Waals surface area contributed by atoms with Crippen molar-refractivity contribution in [1.29, 1.82) is 0 Å². The Labute approximate surface area is 119 Å². The largest absolute Gasteiger partial charge is 0.324 e. The Morgan fingerprint density at radius 1 is 1.26 bits per heavy atom. The number of hydrogen-bond donors (Lipinski definition) is 1. The standard InChI is InChI=1S/C16H20ClNO/c1-10(11-6-3-2-4-7-11)14-12-8-5-9-13(17)15(12)18-16(14)19/h5,8-11,14H,2-4,6-7H2,1H3,(H,18,19). The van der Waals surface area contributed by atoms with E-state index in [-0.39, 0.29) is 11.8 Å². The van der Waals surface area contributed by atoms with Crippen molar-refractivity contribution < 1.29 is 4.79 Å². The summed E-state index contributed by atoms with van der Waals surface area (Å²) in [5, 5.41) is 3.62. The highest BCUT2D eigenvalue weighted by molar-refractivity contribution is 6.34. The van der Waals surface area contributed by atoms with Crippen molar-refractivity contribution in [2.45, 2.75) is 44.9 Å². The summed E-state index contributed by atoms with van der Waals surface area (Å²) in [5.41, 5.74) is 1.93. The molecule has 1 fully saturated rings. The average Bonchev–Trinajstić information content (AvgIpc) is 2.77. The van der Waals surface area contributed by atoms with E-state index in [0.717, 1.165) is 11.3 Å². The summed E-state index contributed by atoms with van der Waals surface area (Å²) in [5.74, 6) is 1.19. The van der Waals surface area contributed by atoms with E-state index in [2.05, 4.69) is 12.2 Å². The molecule has 2 aliphatic rings. The molecule has 1 saturated carbocycles. The van der Waals surface area contributed by atoms with Gasteiger partial charge in [0.2, 0.25) is 5.91 Å². The van der Waals surface area contributed by atoms with Crippen molar-refractivity contribution in [3.63, 3.8) is 0 Å². The maximum atomic E-state index is 12.3. The minimum absolute atomic E-state index is 0.0169. The fourth-order valence-electron chi connectivity index (χ4n) is 3.73. The lowest BCUT2D eigenvalue weighted by atomic mass is 9.73. The number of hydrogen-bond acceptors (Lipinski definition) is 1. The predicted octanol–water partition coefficient (Wildman–Crippen LogP) is 4.59. The van der Waals surface area contributed by atoms with Crippen LogP contribution < -0.4 is 5.32 Å². The SMILES string of the molecule is CC(C1CCCCC1)C1C(=O)Nc2c(Cl)cccc21. The highest BCUT2D eigenvalue weighted by Gasteiger charge is 2.38. The molecule has 1 aliphatic carbocycles. The zero-order valence-electron chi connectivity index (χ0n) is 11.3. The first-order valence-electron chi connectivity index (χ1n) is 7.27. The molecule has 1 N–H and O–H groups in total. The lowest BCUT2D eigenvalue weighted by Gasteiger charge is -2.30. The molecule has 1 amide bonds. The van der Waals surface area contributed by atoms with Gasteiger partial charge in [-0.1, -0.05) is 62.8 Å². The number of carbonyl (C=O) groups is 1. The summed E-state index contributed by atoms with van der Waals surface area (Å²) in [6.07, 6.45) is 6.50. The monoisotopic (exact) mass is 277 g/mol. The molecule has 2 nitrogen and oxygen atoms in total. The molecule has 0 spiro atoms. The predicted molar refractivity (Wildman–Crippen MR) is 78.6 cm³/mol. The third kappa shape index (κ3) is 2.27. The van der Waals surface area contributed by atoms with Crippen LogP contribution in [0.3, 0.4) is 0 Å². The number of rotatable bonds is 2. The van der Waals surface area contributed by atoms with Gasteiger partial charge in [-0.05, 0) is 23.5 Å². The van der Waals surface area contributed by atoms with Crippen LogP contribution in [0, 0.1) is 11.8 Å². The molecule has 1 aromatic rings. The first kappa shape index (κ1) is 13.0. The van der Waals surface area contributed by atoms with Crippen molar-refractivity contribution >= 4 is 23.2 Å². The zero-order valence-corrected chi connectivity index (χ0v) is 12.0. The lowest BCUT2D eigenvalue weighted by Crippen LogP contribution is -2.26. The Balaban J connectivity index is 1.89. The number of benzene rings is 1. The van der Waals surface area contributed by atoms with Crippen LogP contribution in [0.5, 0.6) is 0 Å². The van der Waals surface area contributed by atoms with Crippen molar-refractivity contribution in [3.8, 4) is 0 Å². The van der Waals surface area contributed by atoms with Gasteiger partial charge < -0.3 is 5.32 Å². The topological polar surface area (TPSA) is 29.1 Å². The van der Waals surface area contributed by atoms with Gasteiger partial charge in [0.1, 0.15) is 0 Å². The highest BCUT2D eigenvalue weighted by atomic mass is 35.5. The van der Waals surface area contributed by atoms with Gasteiger partial charge >= 0.3 is 0 Å². The van der Waals surface area contributed by atoms with Crippen LogP contribution >= 0.6 is 11.6 Å². The van der Waals surface area contributed by atoms with Gasteiger partial charge in [-0.3, -0.25) is 4.79 Å².